The number of aromatic nitrogens is 2. The van der Waals surface area contributed by atoms with Crippen LogP contribution < -0.4 is 5.32 Å². The molecule has 24 heavy (non-hydrogen) atoms. The smallest absolute Gasteiger partial charge is 0.225 e. The number of aryl methyl sites for hydroxylation is 1. The highest BCUT2D eigenvalue weighted by Crippen LogP contribution is 2.30. The van der Waals surface area contributed by atoms with Crippen LogP contribution in [0, 0.1) is 18.8 Å². The van der Waals surface area contributed by atoms with Crippen LogP contribution in [0.3, 0.4) is 0 Å². The van der Waals surface area contributed by atoms with Gasteiger partial charge in [-0.25, -0.2) is 0 Å². The first kappa shape index (κ1) is 17.0. The maximum Gasteiger partial charge on any atom is 0.225 e. The lowest BCUT2D eigenvalue weighted by molar-refractivity contribution is -0.141. The number of carbonyl (C=O) groups is 2. The Kier molecular flexibility index (Phi) is 4.92. The minimum absolute atomic E-state index is 0.00914. The molecule has 1 aliphatic carbocycles. The zero-order valence-electron chi connectivity index (χ0n) is 14.9. The molecule has 1 N–H and O–H groups in total. The Labute approximate surface area is 143 Å². The molecule has 6 heteroatoms. The summed E-state index contributed by atoms with van der Waals surface area (Å²) in [6, 6.07) is -0.0409. The van der Waals surface area contributed by atoms with Crippen LogP contribution in [0.2, 0.25) is 0 Å². The molecule has 1 saturated carbocycles. The molecule has 3 rings (SSSR count). The summed E-state index contributed by atoms with van der Waals surface area (Å²) in [6.45, 7) is 5.44. The second-order valence-electron chi connectivity index (χ2n) is 7.27. The number of nitrogens with zero attached hydrogens (tertiary/aromatic N) is 3. The van der Waals surface area contributed by atoms with Gasteiger partial charge in [0.05, 0.1) is 12.2 Å². The topological polar surface area (TPSA) is 67.2 Å². The summed E-state index contributed by atoms with van der Waals surface area (Å²) >= 11 is 0. The Morgan fingerprint density at radius 1 is 1.21 bits per heavy atom. The van der Waals surface area contributed by atoms with Gasteiger partial charge in [-0.3, -0.25) is 14.3 Å². The summed E-state index contributed by atoms with van der Waals surface area (Å²) in [5.74, 6) is 0.666. The number of rotatable bonds is 4. The summed E-state index contributed by atoms with van der Waals surface area (Å²) in [5.41, 5.74) is 2.13. The van der Waals surface area contributed by atoms with Crippen LogP contribution in [-0.4, -0.2) is 39.6 Å². The molecule has 1 aromatic heterocycles. The number of hydrogen-bond acceptors (Lipinski definition) is 3. The fourth-order valence-electron chi connectivity index (χ4n) is 3.63. The van der Waals surface area contributed by atoms with Crippen molar-refractivity contribution in [3.05, 3.63) is 17.5 Å². The van der Waals surface area contributed by atoms with Gasteiger partial charge >= 0.3 is 0 Å². The Balaban J connectivity index is 1.50. The quantitative estimate of drug-likeness (QED) is 0.916. The minimum atomic E-state index is -0.0409. The van der Waals surface area contributed by atoms with Gasteiger partial charge < -0.3 is 10.2 Å². The fraction of sp³-hybridized carbons (Fsp3) is 0.722. The largest absolute Gasteiger partial charge is 0.349 e. The first-order chi connectivity index (χ1) is 11.5. The highest BCUT2D eigenvalue weighted by molar-refractivity contribution is 5.81. The van der Waals surface area contributed by atoms with Crippen molar-refractivity contribution in [3.63, 3.8) is 0 Å². The zero-order chi connectivity index (χ0) is 17.3. The maximum absolute atomic E-state index is 12.5. The van der Waals surface area contributed by atoms with Crippen molar-refractivity contribution in [2.45, 2.75) is 52.0 Å². The molecule has 1 atom stereocenters. The Morgan fingerprint density at radius 3 is 2.38 bits per heavy atom. The van der Waals surface area contributed by atoms with Crippen LogP contribution in [0.5, 0.6) is 0 Å². The second kappa shape index (κ2) is 6.95. The molecule has 0 radical (unpaired) electrons. The lowest BCUT2D eigenvalue weighted by Gasteiger charge is -2.36. The molecule has 1 saturated heterocycles. The number of nitrogens with one attached hydrogen (secondary N) is 1. The summed E-state index contributed by atoms with van der Waals surface area (Å²) < 4.78 is 1.82. The van der Waals surface area contributed by atoms with Crippen molar-refractivity contribution in [1.29, 1.82) is 0 Å². The Morgan fingerprint density at radius 2 is 1.88 bits per heavy atom. The number of carbonyl (C=O) groups excluding carboxylic acids is 2. The third-order valence-corrected chi connectivity index (χ3v) is 5.73. The van der Waals surface area contributed by atoms with E-state index in [0.717, 1.165) is 36.9 Å². The molecular formula is C18H28N4O2. The second-order valence-corrected chi connectivity index (χ2v) is 7.27. The van der Waals surface area contributed by atoms with Crippen LogP contribution in [0.25, 0.3) is 0 Å². The lowest BCUT2D eigenvalue weighted by atomic mass is 9.83. The van der Waals surface area contributed by atoms with Gasteiger partial charge in [0.25, 0.3) is 0 Å². The van der Waals surface area contributed by atoms with Crippen LogP contribution >= 0.6 is 0 Å². The Bertz CT molecular complexity index is 613. The van der Waals surface area contributed by atoms with Crippen molar-refractivity contribution in [1.82, 2.24) is 20.0 Å². The number of likely N-dealkylation sites (tertiary alicyclic amines) is 1. The monoisotopic (exact) mass is 332 g/mol. The lowest BCUT2D eigenvalue weighted by Crippen LogP contribution is -2.46. The summed E-state index contributed by atoms with van der Waals surface area (Å²) in [4.78, 5) is 26.8. The molecule has 0 unspecified atom stereocenters. The zero-order valence-corrected chi connectivity index (χ0v) is 14.9. The molecule has 2 aliphatic rings. The van der Waals surface area contributed by atoms with E-state index in [1.54, 1.807) is 0 Å². The predicted octanol–water partition coefficient (Wildman–Crippen LogP) is 1.94. The minimum Gasteiger partial charge on any atom is -0.349 e. The first-order valence-electron chi connectivity index (χ1n) is 9.05. The normalized spacial score (nSPS) is 20.5. The highest BCUT2D eigenvalue weighted by Gasteiger charge is 2.33. The number of piperidine rings is 1. The maximum atomic E-state index is 12.5. The van der Waals surface area contributed by atoms with Gasteiger partial charge in [0.1, 0.15) is 0 Å². The number of amides is 2. The van der Waals surface area contributed by atoms with Gasteiger partial charge in [-0.2, -0.15) is 5.10 Å². The van der Waals surface area contributed by atoms with E-state index in [1.807, 2.05) is 36.7 Å². The molecule has 0 aromatic carbocycles. The third kappa shape index (κ3) is 3.32. The van der Waals surface area contributed by atoms with Crippen molar-refractivity contribution in [2.75, 3.05) is 13.1 Å². The van der Waals surface area contributed by atoms with Gasteiger partial charge in [0.2, 0.25) is 11.8 Å². The van der Waals surface area contributed by atoms with Gasteiger partial charge in [-0.15, -0.1) is 0 Å². The van der Waals surface area contributed by atoms with Gasteiger partial charge in [0.15, 0.2) is 0 Å². The third-order valence-electron chi connectivity index (χ3n) is 5.73. The fourth-order valence-corrected chi connectivity index (χ4v) is 3.63. The van der Waals surface area contributed by atoms with E-state index in [1.165, 1.54) is 6.42 Å². The van der Waals surface area contributed by atoms with Crippen molar-refractivity contribution < 1.29 is 9.59 Å². The molecule has 132 valence electrons. The van der Waals surface area contributed by atoms with Crippen LogP contribution in [0.1, 0.15) is 56.3 Å². The highest BCUT2D eigenvalue weighted by atomic mass is 16.2. The average molecular weight is 332 g/mol. The van der Waals surface area contributed by atoms with E-state index >= 15 is 0 Å². The van der Waals surface area contributed by atoms with E-state index in [-0.39, 0.29) is 23.8 Å². The van der Waals surface area contributed by atoms with Crippen molar-refractivity contribution >= 4 is 11.8 Å². The summed E-state index contributed by atoms with van der Waals surface area (Å²) in [5, 5.41) is 7.35. The SMILES string of the molecule is Cc1c([C@@H](C)NC(=O)C2CCN(C(=O)C3CCC3)CC2)cnn1C. The van der Waals surface area contributed by atoms with E-state index in [2.05, 4.69) is 10.4 Å². The van der Waals surface area contributed by atoms with Crippen molar-refractivity contribution in [2.24, 2.45) is 18.9 Å². The molecule has 0 bridgehead atoms. The van der Waals surface area contributed by atoms with E-state index < -0.39 is 0 Å². The van der Waals surface area contributed by atoms with E-state index in [0.29, 0.717) is 19.0 Å². The molecule has 0 spiro atoms. The van der Waals surface area contributed by atoms with Crippen LogP contribution in [0.15, 0.2) is 6.20 Å². The molecule has 1 aliphatic heterocycles. The molecule has 2 amide bonds. The number of hydrogen-bond donors (Lipinski definition) is 1. The molecule has 6 nitrogen and oxygen atoms in total. The standard InChI is InChI=1S/C18H28N4O2/c1-12(16-11-19-21(3)13(16)2)20-17(23)14-7-9-22(10-8-14)18(24)15-5-4-6-15/h11-12,14-15H,4-10H2,1-3H3,(H,20,23)/t12-/m1/s1. The Hall–Kier alpha value is -1.85. The summed E-state index contributed by atoms with van der Waals surface area (Å²) in [6.07, 6.45) is 6.62. The van der Waals surface area contributed by atoms with Crippen LogP contribution in [0.4, 0.5) is 0 Å². The first-order valence-corrected chi connectivity index (χ1v) is 9.05. The van der Waals surface area contributed by atoms with E-state index in [9.17, 15) is 9.59 Å². The van der Waals surface area contributed by atoms with E-state index in [4.69, 9.17) is 0 Å². The van der Waals surface area contributed by atoms with Gasteiger partial charge in [0, 0.05) is 43.2 Å². The van der Waals surface area contributed by atoms with Gasteiger partial charge in [-0.1, -0.05) is 6.42 Å². The molecular weight excluding hydrogens is 304 g/mol. The van der Waals surface area contributed by atoms with Crippen molar-refractivity contribution in [3.8, 4) is 0 Å². The van der Waals surface area contributed by atoms with Crippen LogP contribution in [-0.2, 0) is 16.6 Å². The molecule has 2 fully saturated rings. The summed E-state index contributed by atoms with van der Waals surface area (Å²) in [7, 11) is 1.90. The molecule has 1 aromatic rings. The molecule has 2 heterocycles. The predicted molar refractivity (Wildman–Crippen MR) is 91.1 cm³/mol. The average Bonchev–Trinajstić information content (AvgIpc) is 2.85. The van der Waals surface area contributed by atoms with Gasteiger partial charge in [-0.05, 0) is 39.5 Å².